The first-order valence-corrected chi connectivity index (χ1v) is 12.8. The summed E-state index contributed by atoms with van der Waals surface area (Å²) >= 11 is 1.50. The van der Waals surface area contributed by atoms with Gasteiger partial charge < -0.3 is 15.5 Å². The minimum absolute atomic E-state index is 0.130. The van der Waals surface area contributed by atoms with Crippen LogP contribution >= 0.6 is 11.3 Å². The summed E-state index contributed by atoms with van der Waals surface area (Å²) in [7, 11) is 2.16. The molecular weight excluding hydrogens is 470 g/mol. The average molecular weight is 500 g/mol. The quantitative estimate of drug-likeness (QED) is 0.383. The van der Waals surface area contributed by atoms with Gasteiger partial charge in [-0.1, -0.05) is 18.2 Å². The van der Waals surface area contributed by atoms with E-state index < -0.39 is 0 Å². The monoisotopic (exact) mass is 499 g/mol. The number of rotatable bonds is 7. The first-order valence-electron chi connectivity index (χ1n) is 11.9. The Labute approximate surface area is 215 Å². The fourth-order valence-electron chi connectivity index (χ4n) is 4.06. The van der Waals surface area contributed by atoms with Gasteiger partial charge in [-0.15, -0.1) is 11.3 Å². The summed E-state index contributed by atoms with van der Waals surface area (Å²) in [6, 6.07) is 13.7. The largest absolute Gasteiger partial charge is 0.331 e. The number of amides is 1. The van der Waals surface area contributed by atoms with E-state index in [9.17, 15) is 4.79 Å². The van der Waals surface area contributed by atoms with Crippen molar-refractivity contribution in [2.24, 2.45) is 0 Å². The molecule has 0 aliphatic carbocycles. The number of thiazole rings is 1. The number of carbonyl (C=O) groups is 1. The molecule has 3 heterocycles. The van der Waals surface area contributed by atoms with Crippen LogP contribution in [0.25, 0.3) is 11.4 Å². The molecule has 0 spiro atoms. The van der Waals surface area contributed by atoms with Gasteiger partial charge in [0, 0.05) is 67.4 Å². The summed E-state index contributed by atoms with van der Waals surface area (Å²) in [6.07, 6.45) is 4.99. The van der Waals surface area contributed by atoms with Gasteiger partial charge in [0.1, 0.15) is 11.4 Å². The number of benzene rings is 2. The summed E-state index contributed by atoms with van der Waals surface area (Å²) in [4.78, 5) is 30.7. The van der Waals surface area contributed by atoms with Crippen LogP contribution in [0.2, 0.25) is 0 Å². The summed E-state index contributed by atoms with van der Waals surface area (Å²) in [5, 5.41) is 9.08. The first kappa shape index (κ1) is 24.1. The second kappa shape index (κ2) is 10.9. The van der Waals surface area contributed by atoms with E-state index in [0.717, 1.165) is 66.2 Å². The van der Waals surface area contributed by atoms with Gasteiger partial charge >= 0.3 is 0 Å². The third kappa shape index (κ3) is 5.93. The SMILES string of the molecule is Cc1ccc(NC(=O)c2ccc(CN3CCN(C)CC3)cc2)cc1Nc1nc(-c2cnccn2)cs1. The molecule has 5 rings (SSSR count). The molecule has 1 aliphatic rings. The third-order valence-electron chi connectivity index (χ3n) is 6.29. The fraction of sp³-hybridized carbons (Fsp3) is 0.259. The first-order chi connectivity index (χ1) is 17.5. The normalized spacial score (nSPS) is 14.5. The Morgan fingerprint density at radius 2 is 1.83 bits per heavy atom. The predicted molar refractivity (Wildman–Crippen MR) is 145 cm³/mol. The predicted octanol–water partition coefficient (Wildman–Crippen LogP) is 4.65. The number of anilines is 3. The van der Waals surface area contributed by atoms with Gasteiger partial charge in [0.2, 0.25) is 0 Å². The summed E-state index contributed by atoms with van der Waals surface area (Å²) < 4.78 is 0. The van der Waals surface area contributed by atoms with E-state index in [0.29, 0.717) is 5.56 Å². The highest BCUT2D eigenvalue weighted by Crippen LogP contribution is 2.29. The molecule has 0 unspecified atom stereocenters. The third-order valence-corrected chi connectivity index (χ3v) is 7.04. The Balaban J connectivity index is 1.22. The van der Waals surface area contributed by atoms with Crippen LogP contribution in [0.5, 0.6) is 0 Å². The van der Waals surface area contributed by atoms with Crippen LogP contribution in [0.15, 0.2) is 66.4 Å². The number of piperazine rings is 1. The lowest BCUT2D eigenvalue weighted by molar-refractivity contribution is 0.102. The molecule has 2 N–H and O–H groups in total. The Kier molecular flexibility index (Phi) is 7.31. The molecule has 4 aromatic rings. The molecule has 9 heteroatoms. The zero-order valence-corrected chi connectivity index (χ0v) is 21.3. The molecule has 1 aliphatic heterocycles. The maximum Gasteiger partial charge on any atom is 0.255 e. The Bertz CT molecular complexity index is 1320. The molecule has 0 saturated carbocycles. The topological polar surface area (TPSA) is 86.3 Å². The van der Waals surface area contributed by atoms with E-state index in [1.807, 2.05) is 54.8 Å². The van der Waals surface area contributed by atoms with Crippen molar-refractivity contribution in [1.82, 2.24) is 24.8 Å². The highest BCUT2D eigenvalue weighted by atomic mass is 32.1. The van der Waals surface area contributed by atoms with Gasteiger partial charge in [0.25, 0.3) is 5.91 Å². The van der Waals surface area contributed by atoms with E-state index >= 15 is 0 Å². The maximum atomic E-state index is 12.9. The number of carbonyl (C=O) groups excluding carboxylic acids is 1. The van der Waals surface area contributed by atoms with Crippen LogP contribution in [0, 0.1) is 6.92 Å². The lowest BCUT2D eigenvalue weighted by Crippen LogP contribution is -2.43. The second-order valence-corrected chi connectivity index (χ2v) is 9.87. The van der Waals surface area contributed by atoms with Gasteiger partial charge in [0.05, 0.1) is 6.20 Å². The van der Waals surface area contributed by atoms with Gasteiger partial charge in [0.15, 0.2) is 5.13 Å². The number of likely N-dealkylation sites (N-methyl/N-ethyl adjacent to an activating group) is 1. The van der Waals surface area contributed by atoms with Crippen LogP contribution in [0.3, 0.4) is 0 Å². The summed E-state index contributed by atoms with van der Waals surface area (Å²) in [5.41, 5.74) is 6.03. The van der Waals surface area contributed by atoms with Crippen molar-refractivity contribution >= 4 is 33.8 Å². The van der Waals surface area contributed by atoms with Gasteiger partial charge in [-0.05, 0) is 49.4 Å². The second-order valence-electron chi connectivity index (χ2n) is 9.01. The Hall–Kier alpha value is -3.66. The number of aryl methyl sites for hydroxylation is 1. The zero-order chi connectivity index (χ0) is 24.9. The van der Waals surface area contributed by atoms with E-state index in [4.69, 9.17) is 0 Å². The molecule has 1 amide bonds. The Morgan fingerprint density at radius 1 is 1.03 bits per heavy atom. The molecule has 2 aromatic heterocycles. The van der Waals surface area contributed by atoms with Crippen molar-refractivity contribution < 1.29 is 4.79 Å². The standard InChI is InChI=1S/C27H29N7OS/c1-19-3-8-22(15-23(19)31-27-32-25(18-36-27)24-16-28-9-10-29-24)30-26(35)21-6-4-20(5-7-21)17-34-13-11-33(2)12-14-34/h3-10,15-16,18H,11-14,17H2,1-2H3,(H,30,35)(H,31,32). The van der Waals surface area contributed by atoms with Crippen molar-refractivity contribution in [2.45, 2.75) is 13.5 Å². The smallest absolute Gasteiger partial charge is 0.255 e. The van der Waals surface area contributed by atoms with Crippen LogP contribution < -0.4 is 10.6 Å². The van der Waals surface area contributed by atoms with Crippen molar-refractivity contribution in [2.75, 3.05) is 43.9 Å². The fourth-order valence-corrected chi connectivity index (χ4v) is 4.78. The molecule has 184 valence electrons. The van der Waals surface area contributed by atoms with Crippen LogP contribution in [-0.2, 0) is 6.54 Å². The van der Waals surface area contributed by atoms with Gasteiger partial charge in [-0.25, -0.2) is 4.98 Å². The lowest BCUT2D eigenvalue weighted by atomic mass is 10.1. The number of hydrogen-bond acceptors (Lipinski definition) is 8. The van der Waals surface area contributed by atoms with E-state index in [2.05, 4.69) is 42.4 Å². The average Bonchev–Trinajstić information content (AvgIpc) is 3.37. The number of aromatic nitrogens is 3. The maximum absolute atomic E-state index is 12.9. The highest BCUT2D eigenvalue weighted by Gasteiger charge is 2.14. The van der Waals surface area contributed by atoms with Crippen molar-refractivity contribution in [3.05, 3.63) is 83.1 Å². The highest BCUT2D eigenvalue weighted by molar-refractivity contribution is 7.14. The van der Waals surface area contributed by atoms with Gasteiger partial charge in [-0.3, -0.25) is 19.7 Å². The molecule has 0 bridgehead atoms. The number of hydrogen-bond donors (Lipinski definition) is 2. The van der Waals surface area contributed by atoms with E-state index in [1.165, 1.54) is 16.9 Å². The molecular formula is C27H29N7OS. The molecule has 1 fully saturated rings. The molecule has 1 saturated heterocycles. The zero-order valence-electron chi connectivity index (χ0n) is 20.4. The van der Waals surface area contributed by atoms with Crippen molar-refractivity contribution in [3.8, 4) is 11.4 Å². The minimum Gasteiger partial charge on any atom is -0.331 e. The molecule has 0 radical (unpaired) electrons. The van der Waals surface area contributed by atoms with Crippen molar-refractivity contribution in [1.29, 1.82) is 0 Å². The number of nitrogens with zero attached hydrogens (tertiary/aromatic N) is 5. The van der Waals surface area contributed by atoms with Crippen LogP contribution in [0.1, 0.15) is 21.5 Å². The number of nitrogens with one attached hydrogen (secondary N) is 2. The summed E-state index contributed by atoms with van der Waals surface area (Å²) in [6.45, 7) is 7.28. The Morgan fingerprint density at radius 3 is 2.58 bits per heavy atom. The minimum atomic E-state index is -0.130. The molecule has 2 aromatic carbocycles. The molecule has 0 atom stereocenters. The van der Waals surface area contributed by atoms with Crippen LogP contribution in [-0.4, -0.2) is 63.9 Å². The lowest BCUT2D eigenvalue weighted by Gasteiger charge is -2.32. The molecule has 36 heavy (non-hydrogen) atoms. The molecule has 8 nitrogen and oxygen atoms in total. The van der Waals surface area contributed by atoms with E-state index in [-0.39, 0.29) is 5.91 Å². The summed E-state index contributed by atoms with van der Waals surface area (Å²) in [5.74, 6) is -0.130. The van der Waals surface area contributed by atoms with E-state index in [1.54, 1.807) is 18.6 Å². The van der Waals surface area contributed by atoms with Gasteiger partial charge in [-0.2, -0.15) is 0 Å². The van der Waals surface area contributed by atoms with Crippen molar-refractivity contribution in [3.63, 3.8) is 0 Å². The van der Waals surface area contributed by atoms with Crippen LogP contribution in [0.4, 0.5) is 16.5 Å².